The monoisotopic (exact) mass is 1170 g/mol. The van der Waals surface area contributed by atoms with Crippen molar-refractivity contribution in [2.24, 2.45) is 0 Å². The van der Waals surface area contributed by atoms with Crippen LogP contribution < -0.4 is 9.80 Å². The largest absolute Gasteiger partial charge is 0.310 e. The minimum atomic E-state index is 1.10. The highest BCUT2D eigenvalue weighted by atomic mass is 79.9. The molecule has 0 radical (unpaired) electrons. The molecule has 0 bridgehead atoms. The molecule has 0 saturated carbocycles. The van der Waals surface area contributed by atoms with Crippen molar-refractivity contribution in [3.8, 4) is 66.8 Å². The summed E-state index contributed by atoms with van der Waals surface area (Å²) in [5, 5.41) is 0. The van der Waals surface area contributed by atoms with Gasteiger partial charge < -0.3 is 9.80 Å². The minimum absolute atomic E-state index is 1.10. The van der Waals surface area contributed by atoms with Gasteiger partial charge in [0.25, 0.3) is 0 Å². The Morgan fingerprint density at radius 2 is 0.553 bits per heavy atom. The second-order valence-electron chi connectivity index (χ2n) is 23.9. The molecule has 0 atom stereocenters. The Hall–Kier alpha value is -8.50. The third kappa shape index (κ3) is 12.2. The van der Waals surface area contributed by atoms with Gasteiger partial charge in [0, 0.05) is 38.6 Å². The van der Waals surface area contributed by atoms with Gasteiger partial charge in [0.1, 0.15) is 0 Å². The van der Waals surface area contributed by atoms with Crippen molar-refractivity contribution in [2.45, 2.75) is 109 Å². The molecule has 0 saturated heterocycles. The van der Waals surface area contributed by atoms with Gasteiger partial charge in [-0.3, -0.25) is 0 Å². The lowest BCUT2D eigenvalue weighted by atomic mass is 9.88. The SMILES string of the molecule is CCCc1ccc(-c2ccc(N(c3ccc(-c4c(C)cc(C)cc4C)cc3)c3ccc(-c4cc(C)c(-c5ccc(N(c6ccc(-c7c(C)cc(Br)cc7C)cc6)c6ccc(-c7ccc(CCC)cc7)c(C)c6)cc5C)cc4C)c(C)c3)cc2)cc1. The summed E-state index contributed by atoms with van der Waals surface area (Å²) in [6.45, 7) is 26.8. The highest BCUT2D eigenvalue weighted by Gasteiger charge is 2.21. The Labute approximate surface area is 515 Å². The maximum atomic E-state index is 3.71. The van der Waals surface area contributed by atoms with Gasteiger partial charge >= 0.3 is 0 Å². The van der Waals surface area contributed by atoms with Crippen molar-refractivity contribution in [3.05, 3.63) is 284 Å². The van der Waals surface area contributed by atoms with Gasteiger partial charge in [-0.2, -0.15) is 0 Å². The number of benzene rings is 11. The molecule has 0 aliphatic rings. The molecule has 424 valence electrons. The second-order valence-corrected chi connectivity index (χ2v) is 24.8. The standard InChI is InChI=1S/C82H79BrN2/c1-13-15-62-17-21-64(22-18-62)65-25-31-70(32-26-65)84(71-33-27-67(28-34-71)81-58(9)43-52(3)44-59(81)10)73-38-41-77(54(5)48-73)79-50-57(8)80(51-56(79)7)78-42-39-75(49-55(78)6)85(72-35-29-68(30-36-72)82-60(11)45-69(83)46-61(82)12)74-37-40-76(53(4)47-74)66-23-19-63(16-14-2)20-24-66/h17-51H,13-16H2,1-12H3. The molecule has 11 rings (SSSR count). The highest BCUT2D eigenvalue weighted by molar-refractivity contribution is 9.10. The van der Waals surface area contributed by atoms with Crippen LogP contribution in [0.5, 0.6) is 0 Å². The van der Waals surface area contributed by atoms with Crippen molar-refractivity contribution in [2.75, 3.05) is 9.80 Å². The van der Waals surface area contributed by atoms with E-state index in [4.69, 9.17) is 0 Å². The van der Waals surface area contributed by atoms with Crippen molar-refractivity contribution in [3.63, 3.8) is 0 Å². The third-order valence-corrected chi connectivity index (χ3v) is 17.8. The molecule has 3 heteroatoms. The van der Waals surface area contributed by atoms with Crippen LogP contribution >= 0.6 is 15.9 Å². The van der Waals surface area contributed by atoms with Gasteiger partial charge in [-0.15, -0.1) is 0 Å². The van der Waals surface area contributed by atoms with Crippen LogP contribution in [0.15, 0.2) is 217 Å². The van der Waals surface area contributed by atoms with E-state index in [-0.39, 0.29) is 0 Å². The molecule has 0 heterocycles. The number of hydrogen-bond donors (Lipinski definition) is 0. The van der Waals surface area contributed by atoms with Crippen LogP contribution in [0, 0.1) is 69.2 Å². The lowest BCUT2D eigenvalue weighted by molar-refractivity contribution is 0.922. The van der Waals surface area contributed by atoms with Crippen LogP contribution in [0.1, 0.15) is 93.5 Å². The molecule has 0 aliphatic carbocycles. The first-order valence-corrected chi connectivity index (χ1v) is 31.2. The molecule has 2 nitrogen and oxygen atoms in total. The molecule has 85 heavy (non-hydrogen) atoms. The Morgan fingerprint density at radius 3 is 0.918 bits per heavy atom. The zero-order valence-corrected chi connectivity index (χ0v) is 53.4. The van der Waals surface area contributed by atoms with E-state index in [1.54, 1.807) is 0 Å². The average molecular weight is 1170 g/mol. The van der Waals surface area contributed by atoms with Crippen LogP contribution in [0.25, 0.3) is 66.8 Å². The molecular weight excluding hydrogens is 1090 g/mol. The van der Waals surface area contributed by atoms with E-state index >= 15 is 0 Å². The lowest BCUT2D eigenvalue weighted by Gasteiger charge is -2.28. The van der Waals surface area contributed by atoms with Gasteiger partial charge in [0.2, 0.25) is 0 Å². The maximum Gasteiger partial charge on any atom is 0.0464 e. The van der Waals surface area contributed by atoms with E-state index in [9.17, 15) is 0 Å². The van der Waals surface area contributed by atoms with Crippen LogP contribution in [-0.4, -0.2) is 0 Å². The molecule has 0 amide bonds. The topological polar surface area (TPSA) is 6.48 Å². The van der Waals surface area contributed by atoms with Gasteiger partial charge in [0.15, 0.2) is 0 Å². The predicted molar refractivity (Wildman–Crippen MR) is 371 cm³/mol. The Morgan fingerprint density at radius 1 is 0.259 bits per heavy atom. The third-order valence-electron chi connectivity index (χ3n) is 17.3. The van der Waals surface area contributed by atoms with Crippen LogP contribution in [-0.2, 0) is 12.8 Å². The summed E-state index contributed by atoms with van der Waals surface area (Å²) in [5.41, 5.74) is 37.1. The summed E-state index contributed by atoms with van der Waals surface area (Å²) in [7, 11) is 0. The van der Waals surface area contributed by atoms with E-state index in [1.165, 1.54) is 134 Å². The molecule has 0 fully saturated rings. The number of aryl methyl sites for hydroxylation is 12. The van der Waals surface area contributed by atoms with Crippen LogP contribution in [0.2, 0.25) is 0 Å². The minimum Gasteiger partial charge on any atom is -0.310 e. The number of halogens is 1. The normalized spacial score (nSPS) is 11.3. The molecule has 0 N–H and O–H groups in total. The highest BCUT2D eigenvalue weighted by Crippen LogP contribution is 2.44. The Balaban J connectivity index is 0.921. The number of anilines is 6. The van der Waals surface area contributed by atoms with Crippen molar-refractivity contribution < 1.29 is 0 Å². The van der Waals surface area contributed by atoms with Crippen LogP contribution in [0.4, 0.5) is 34.1 Å². The summed E-state index contributed by atoms with van der Waals surface area (Å²) in [6.07, 6.45) is 4.50. The van der Waals surface area contributed by atoms with Crippen molar-refractivity contribution in [1.29, 1.82) is 0 Å². The fraction of sp³-hybridized carbons (Fsp3) is 0.195. The first-order chi connectivity index (χ1) is 41.0. The Bertz CT molecular complexity index is 4180. The van der Waals surface area contributed by atoms with E-state index in [0.717, 1.165) is 64.3 Å². The van der Waals surface area contributed by atoms with Crippen LogP contribution in [0.3, 0.4) is 0 Å². The smallest absolute Gasteiger partial charge is 0.0464 e. The Kier molecular flexibility index (Phi) is 17.1. The molecule has 0 aromatic heterocycles. The quantitative estimate of drug-likeness (QED) is 0.0951. The summed E-state index contributed by atoms with van der Waals surface area (Å²) >= 11 is 3.71. The number of nitrogens with zero attached hydrogens (tertiary/aromatic N) is 2. The fourth-order valence-electron chi connectivity index (χ4n) is 13.2. The molecule has 0 spiro atoms. The first kappa shape index (κ1) is 58.3. The number of rotatable bonds is 16. The van der Waals surface area contributed by atoms with Gasteiger partial charge in [0.05, 0.1) is 0 Å². The van der Waals surface area contributed by atoms with Gasteiger partial charge in [-0.05, 0) is 295 Å². The molecule has 0 aliphatic heterocycles. The van der Waals surface area contributed by atoms with Crippen molar-refractivity contribution in [1.82, 2.24) is 0 Å². The summed E-state index contributed by atoms with van der Waals surface area (Å²) in [6, 6.07) is 80.3. The maximum absolute atomic E-state index is 3.71. The summed E-state index contributed by atoms with van der Waals surface area (Å²) < 4.78 is 1.11. The zero-order chi connectivity index (χ0) is 59.6. The second kappa shape index (κ2) is 25.0. The number of hydrogen-bond acceptors (Lipinski definition) is 2. The average Bonchev–Trinajstić information content (AvgIpc) is 2.35. The van der Waals surface area contributed by atoms with E-state index in [1.807, 2.05) is 0 Å². The van der Waals surface area contributed by atoms with E-state index in [2.05, 4.69) is 321 Å². The van der Waals surface area contributed by atoms with Gasteiger partial charge in [-0.1, -0.05) is 176 Å². The fourth-order valence-corrected chi connectivity index (χ4v) is 13.9. The zero-order valence-electron chi connectivity index (χ0n) is 51.8. The van der Waals surface area contributed by atoms with E-state index in [0.29, 0.717) is 0 Å². The summed E-state index contributed by atoms with van der Waals surface area (Å²) in [4.78, 5) is 4.82. The predicted octanol–water partition coefficient (Wildman–Crippen LogP) is 24.4. The molecular formula is C82H79BrN2. The first-order valence-electron chi connectivity index (χ1n) is 30.4. The molecule has 0 unspecified atom stereocenters. The molecule has 11 aromatic rings. The lowest BCUT2D eigenvalue weighted by Crippen LogP contribution is -2.11. The van der Waals surface area contributed by atoms with E-state index < -0.39 is 0 Å². The van der Waals surface area contributed by atoms with Gasteiger partial charge in [-0.25, -0.2) is 0 Å². The molecule has 11 aromatic carbocycles. The van der Waals surface area contributed by atoms with Crippen molar-refractivity contribution >= 4 is 50.1 Å². The summed E-state index contributed by atoms with van der Waals surface area (Å²) in [5.74, 6) is 0.